The smallest absolute Gasteiger partial charge is 0.137 e. The van der Waals surface area contributed by atoms with Crippen LogP contribution in [0.3, 0.4) is 0 Å². The van der Waals surface area contributed by atoms with Gasteiger partial charge in [0.2, 0.25) is 0 Å². The zero-order chi connectivity index (χ0) is 43.1. The third-order valence-electron chi connectivity index (χ3n) is 12.1. The number of hydrogen-bond donors (Lipinski definition) is 0. The van der Waals surface area contributed by atoms with Crippen molar-refractivity contribution in [3.63, 3.8) is 0 Å². The number of aromatic nitrogens is 1. The van der Waals surface area contributed by atoms with Gasteiger partial charge in [-0.25, -0.2) is 0 Å². The lowest BCUT2D eigenvalue weighted by molar-refractivity contribution is 0.669. The zero-order valence-corrected chi connectivity index (χ0v) is 36.0. The minimum absolute atomic E-state index is 0.847. The Morgan fingerprint density at radius 2 is 0.892 bits per heavy atom. The molecule has 0 saturated carbocycles. The number of pyridine rings is 1. The van der Waals surface area contributed by atoms with E-state index in [1.54, 1.807) is 0 Å². The Kier molecular flexibility index (Phi) is 9.62. The van der Waals surface area contributed by atoms with Crippen LogP contribution in [0.25, 0.3) is 53.2 Å². The van der Waals surface area contributed by atoms with Gasteiger partial charge >= 0.3 is 0 Å². The van der Waals surface area contributed by atoms with Crippen LogP contribution in [0, 0.1) is 0 Å². The van der Waals surface area contributed by atoms with Gasteiger partial charge < -0.3 is 19.1 Å². The molecule has 3 heterocycles. The standard InChI is InChI=1S/C59H40N4OS/c1-5-19-43(20-6-1)61(44-21-7-2-8-22-44)48-31-33-57-53(36-48)59-54(63(46-25-11-4-12-26-46)47-27-15-17-41(35-47)42-18-16-34-60-40-42)37-50(39-58(59)65-57)62(45-23-9-3-10-24-45)49-30-32-52-51-28-13-14-29-55(51)64-56(52)38-49/h1-40H. The van der Waals surface area contributed by atoms with Crippen LogP contribution in [-0.4, -0.2) is 4.98 Å². The second-order valence-corrected chi connectivity index (χ2v) is 17.1. The maximum Gasteiger partial charge on any atom is 0.137 e. The number of nitrogens with zero attached hydrogens (tertiary/aromatic N) is 4. The number of anilines is 9. The molecule has 0 saturated heterocycles. The molecule has 308 valence electrons. The maximum atomic E-state index is 6.50. The number of hydrogen-bond acceptors (Lipinski definition) is 6. The first-order chi connectivity index (χ1) is 32.2. The second-order valence-electron chi connectivity index (χ2n) is 16.0. The zero-order valence-electron chi connectivity index (χ0n) is 35.2. The lowest BCUT2D eigenvalue weighted by Gasteiger charge is -2.30. The van der Waals surface area contributed by atoms with Crippen molar-refractivity contribution < 1.29 is 4.42 Å². The molecule has 65 heavy (non-hydrogen) atoms. The summed E-state index contributed by atoms with van der Waals surface area (Å²) in [5.41, 5.74) is 13.4. The van der Waals surface area contributed by atoms with E-state index in [4.69, 9.17) is 4.42 Å². The van der Waals surface area contributed by atoms with Crippen molar-refractivity contribution in [2.75, 3.05) is 14.7 Å². The van der Waals surface area contributed by atoms with Gasteiger partial charge in [0.25, 0.3) is 0 Å². The average Bonchev–Trinajstić information content (AvgIpc) is 3.94. The van der Waals surface area contributed by atoms with Crippen LogP contribution in [0.5, 0.6) is 0 Å². The van der Waals surface area contributed by atoms with E-state index in [-0.39, 0.29) is 0 Å². The predicted molar refractivity (Wildman–Crippen MR) is 274 cm³/mol. The largest absolute Gasteiger partial charge is 0.456 e. The van der Waals surface area contributed by atoms with Crippen molar-refractivity contribution in [2.45, 2.75) is 0 Å². The molecular formula is C59H40N4OS. The Morgan fingerprint density at radius 3 is 1.57 bits per heavy atom. The van der Waals surface area contributed by atoms with Crippen LogP contribution in [0.15, 0.2) is 247 Å². The molecule has 0 atom stereocenters. The summed E-state index contributed by atoms with van der Waals surface area (Å²) in [6.07, 6.45) is 3.75. The molecule has 0 aliphatic carbocycles. The summed E-state index contributed by atoms with van der Waals surface area (Å²) >= 11 is 1.82. The molecule has 0 amide bonds. The number of rotatable bonds is 10. The topological polar surface area (TPSA) is 35.8 Å². The summed E-state index contributed by atoms with van der Waals surface area (Å²) in [7, 11) is 0. The number of para-hydroxylation sites is 5. The van der Waals surface area contributed by atoms with Gasteiger partial charge in [-0.1, -0.05) is 109 Å². The molecule has 12 rings (SSSR count). The highest BCUT2D eigenvalue weighted by atomic mass is 32.1. The normalized spacial score (nSPS) is 11.4. The number of benzene rings is 9. The number of thiophene rings is 1. The van der Waals surface area contributed by atoms with Gasteiger partial charge in [-0.2, -0.15) is 0 Å². The Labute approximate surface area is 380 Å². The molecule has 0 bridgehead atoms. The number of fused-ring (bicyclic) bond motifs is 6. The summed E-state index contributed by atoms with van der Waals surface area (Å²) < 4.78 is 8.88. The van der Waals surface area contributed by atoms with E-state index in [2.05, 4.69) is 232 Å². The SMILES string of the molecule is c1ccc(N(c2ccc3c(c2)oc2ccccc23)c2cc(N(c3ccccc3)c3cccc(-c4cccnc4)c3)c3c(c2)sc2ccc(N(c4ccccc4)c4ccccc4)cc23)cc1. The highest BCUT2D eigenvalue weighted by Crippen LogP contribution is 2.51. The van der Waals surface area contributed by atoms with Crippen LogP contribution < -0.4 is 14.7 Å². The molecule has 6 heteroatoms. The Balaban J connectivity index is 1.14. The fraction of sp³-hybridized carbons (Fsp3) is 0. The monoisotopic (exact) mass is 852 g/mol. The molecule has 0 unspecified atom stereocenters. The van der Waals surface area contributed by atoms with E-state index < -0.39 is 0 Å². The molecule has 9 aromatic carbocycles. The molecule has 0 fully saturated rings. The molecule has 3 aromatic heterocycles. The van der Waals surface area contributed by atoms with Gasteiger partial charge in [0.1, 0.15) is 11.2 Å². The van der Waals surface area contributed by atoms with Gasteiger partial charge in [0, 0.05) is 100 Å². The second kappa shape index (κ2) is 16.3. The van der Waals surface area contributed by atoms with Gasteiger partial charge in [-0.15, -0.1) is 11.3 Å². The minimum Gasteiger partial charge on any atom is -0.456 e. The van der Waals surface area contributed by atoms with E-state index in [0.29, 0.717) is 0 Å². The van der Waals surface area contributed by atoms with Crippen LogP contribution in [0.1, 0.15) is 0 Å². The highest BCUT2D eigenvalue weighted by molar-refractivity contribution is 7.26. The Morgan fingerprint density at radius 1 is 0.338 bits per heavy atom. The summed E-state index contributed by atoms with van der Waals surface area (Å²) in [4.78, 5) is 11.6. The minimum atomic E-state index is 0.847. The van der Waals surface area contributed by atoms with Crippen molar-refractivity contribution >= 4 is 105 Å². The molecule has 0 spiro atoms. The fourth-order valence-electron chi connectivity index (χ4n) is 9.14. The maximum absolute atomic E-state index is 6.50. The van der Waals surface area contributed by atoms with E-state index >= 15 is 0 Å². The third kappa shape index (κ3) is 7.03. The molecule has 0 aliphatic heterocycles. The van der Waals surface area contributed by atoms with Gasteiger partial charge in [0.05, 0.1) is 5.69 Å². The summed E-state index contributed by atoms with van der Waals surface area (Å²) in [6.45, 7) is 0. The molecule has 12 aromatic rings. The molecule has 0 N–H and O–H groups in total. The third-order valence-corrected chi connectivity index (χ3v) is 13.2. The van der Waals surface area contributed by atoms with Crippen LogP contribution in [0.2, 0.25) is 0 Å². The molecule has 0 radical (unpaired) electrons. The summed E-state index contributed by atoms with van der Waals surface area (Å²) in [5.74, 6) is 0. The lowest BCUT2D eigenvalue weighted by atomic mass is 10.0. The highest BCUT2D eigenvalue weighted by Gasteiger charge is 2.25. The van der Waals surface area contributed by atoms with Gasteiger partial charge in [-0.3, -0.25) is 4.98 Å². The average molecular weight is 853 g/mol. The Hall–Kier alpha value is -8.45. The van der Waals surface area contributed by atoms with E-state index in [1.165, 1.54) is 20.2 Å². The number of furan rings is 1. The van der Waals surface area contributed by atoms with E-state index in [0.717, 1.165) is 84.3 Å². The Bertz CT molecular complexity index is 3570. The van der Waals surface area contributed by atoms with Crippen LogP contribution >= 0.6 is 11.3 Å². The van der Waals surface area contributed by atoms with E-state index in [1.807, 2.05) is 41.9 Å². The fourth-order valence-corrected chi connectivity index (χ4v) is 10.3. The lowest BCUT2D eigenvalue weighted by Crippen LogP contribution is -2.13. The van der Waals surface area contributed by atoms with Crippen LogP contribution in [0.4, 0.5) is 51.2 Å². The molecule has 5 nitrogen and oxygen atoms in total. The first-order valence-electron chi connectivity index (χ1n) is 21.8. The summed E-state index contributed by atoms with van der Waals surface area (Å²) in [5, 5.41) is 4.56. The van der Waals surface area contributed by atoms with Crippen molar-refractivity contribution in [1.29, 1.82) is 0 Å². The molecule has 0 aliphatic rings. The van der Waals surface area contributed by atoms with Crippen molar-refractivity contribution in [1.82, 2.24) is 4.98 Å². The van der Waals surface area contributed by atoms with Crippen LogP contribution in [-0.2, 0) is 0 Å². The van der Waals surface area contributed by atoms with Gasteiger partial charge in [0.15, 0.2) is 0 Å². The van der Waals surface area contributed by atoms with Crippen molar-refractivity contribution in [3.05, 3.63) is 243 Å². The van der Waals surface area contributed by atoms with Crippen molar-refractivity contribution in [2.24, 2.45) is 0 Å². The summed E-state index contributed by atoms with van der Waals surface area (Å²) in [6, 6.07) is 82.0. The van der Waals surface area contributed by atoms with E-state index in [9.17, 15) is 0 Å². The first-order valence-corrected chi connectivity index (χ1v) is 22.6. The molecular weight excluding hydrogens is 813 g/mol. The predicted octanol–water partition coefficient (Wildman–Crippen LogP) is 17.4. The van der Waals surface area contributed by atoms with Gasteiger partial charge in [-0.05, 0) is 121 Å². The first kappa shape index (κ1) is 38.2. The quantitative estimate of drug-likeness (QED) is 0.137. The van der Waals surface area contributed by atoms with Crippen molar-refractivity contribution in [3.8, 4) is 11.1 Å².